The molecule has 0 spiro atoms. The summed E-state index contributed by atoms with van der Waals surface area (Å²) in [5.41, 5.74) is 0. The smallest absolute Gasteiger partial charge is 0.377 e. The zero-order chi connectivity index (χ0) is 12.7. The average molecular weight is 270 g/mol. The predicted molar refractivity (Wildman–Crippen MR) is 75.5 cm³/mol. The molecule has 1 aromatic carbocycles. The molecule has 0 heterocycles. The lowest BCUT2D eigenvalue weighted by molar-refractivity contribution is 0.125. The third-order valence-electron chi connectivity index (χ3n) is 3.19. The van der Waals surface area contributed by atoms with Gasteiger partial charge in [0.2, 0.25) is 0 Å². The molecule has 1 aromatic rings. The molecule has 0 N–H and O–H groups in total. The Morgan fingerprint density at radius 1 is 1.00 bits per heavy atom. The Labute approximate surface area is 107 Å². The normalized spacial score (nSPS) is 13.6. The van der Waals surface area contributed by atoms with E-state index in [-0.39, 0.29) is 0 Å². The molecule has 1 unspecified atom stereocenters. The number of benzene rings is 1. The maximum Gasteiger partial charge on any atom is 0.499 e. The second-order valence-electron chi connectivity index (χ2n) is 4.15. The van der Waals surface area contributed by atoms with Crippen LogP contribution in [0.3, 0.4) is 0 Å². The van der Waals surface area contributed by atoms with Crippen LogP contribution in [0.2, 0.25) is 18.6 Å². The van der Waals surface area contributed by atoms with Crippen molar-refractivity contribution in [1.29, 1.82) is 0 Å². The van der Waals surface area contributed by atoms with Crippen LogP contribution in [0, 0.1) is 0 Å². The van der Waals surface area contributed by atoms with Crippen LogP contribution in [0.1, 0.15) is 0 Å². The highest BCUT2D eigenvalue weighted by Crippen LogP contribution is 2.16. The first kappa shape index (κ1) is 14.6. The van der Waals surface area contributed by atoms with Crippen molar-refractivity contribution in [3.63, 3.8) is 0 Å². The van der Waals surface area contributed by atoms with Crippen LogP contribution >= 0.6 is 0 Å². The van der Waals surface area contributed by atoms with Crippen molar-refractivity contribution in [2.45, 2.75) is 18.6 Å². The molecule has 0 radical (unpaired) electrons. The summed E-state index contributed by atoms with van der Waals surface area (Å²) in [6.45, 7) is 2.36. The van der Waals surface area contributed by atoms with Gasteiger partial charge in [-0.15, -0.1) is 0 Å². The molecular formula is C12H22O3Si2. The largest absolute Gasteiger partial charge is 0.499 e. The van der Waals surface area contributed by atoms with Crippen LogP contribution in [0.25, 0.3) is 0 Å². The molecule has 3 nitrogen and oxygen atoms in total. The molecule has 5 heteroatoms. The Morgan fingerprint density at radius 2 is 1.53 bits per heavy atom. The molecule has 1 rings (SSSR count). The van der Waals surface area contributed by atoms with E-state index in [1.54, 1.807) is 21.3 Å². The summed E-state index contributed by atoms with van der Waals surface area (Å²) < 4.78 is 16.3. The predicted octanol–water partition coefficient (Wildman–Crippen LogP) is 1.63. The summed E-state index contributed by atoms with van der Waals surface area (Å²) in [4.78, 5) is 0. The highest BCUT2D eigenvalue weighted by atomic mass is 28.4. The van der Waals surface area contributed by atoms with Gasteiger partial charge in [0.1, 0.15) is 0 Å². The maximum atomic E-state index is 5.44. The fourth-order valence-electron chi connectivity index (χ4n) is 1.90. The minimum atomic E-state index is -2.38. The quantitative estimate of drug-likeness (QED) is 0.705. The van der Waals surface area contributed by atoms with Gasteiger partial charge in [0.15, 0.2) is 0 Å². The fraction of sp³-hybridized carbons (Fsp3) is 0.500. The lowest BCUT2D eigenvalue weighted by atomic mass is 10.4. The second kappa shape index (κ2) is 7.08. The first-order valence-electron chi connectivity index (χ1n) is 5.88. The Morgan fingerprint density at radius 3 is 2.00 bits per heavy atom. The number of hydrogen-bond donors (Lipinski definition) is 0. The molecule has 0 aliphatic carbocycles. The third-order valence-corrected chi connectivity index (χ3v) is 9.21. The monoisotopic (exact) mass is 270 g/mol. The van der Waals surface area contributed by atoms with Gasteiger partial charge < -0.3 is 13.3 Å². The van der Waals surface area contributed by atoms with E-state index in [4.69, 9.17) is 13.3 Å². The molecule has 0 fully saturated rings. The molecule has 0 aliphatic heterocycles. The summed E-state index contributed by atoms with van der Waals surface area (Å²) in [5, 5.41) is 1.48. The Balaban J connectivity index is 2.55. The van der Waals surface area contributed by atoms with Crippen molar-refractivity contribution in [2.75, 3.05) is 21.3 Å². The number of hydrogen-bond acceptors (Lipinski definition) is 3. The van der Waals surface area contributed by atoms with Crippen molar-refractivity contribution in [3.8, 4) is 0 Å². The van der Waals surface area contributed by atoms with Crippen LogP contribution in [-0.4, -0.2) is 38.9 Å². The first-order chi connectivity index (χ1) is 8.17. The summed E-state index contributed by atoms with van der Waals surface area (Å²) in [6.07, 6.45) is 0. The van der Waals surface area contributed by atoms with Crippen molar-refractivity contribution < 1.29 is 13.3 Å². The number of rotatable bonds is 7. The van der Waals surface area contributed by atoms with Gasteiger partial charge in [0.25, 0.3) is 0 Å². The highest BCUT2D eigenvalue weighted by molar-refractivity contribution is 6.74. The van der Waals surface area contributed by atoms with E-state index in [1.165, 1.54) is 5.19 Å². The Hall–Kier alpha value is -0.466. The fourth-order valence-corrected chi connectivity index (χ4v) is 7.37. The van der Waals surface area contributed by atoms with E-state index in [0.717, 1.165) is 12.1 Å². The van der Waals surface area contributed by atoms with E-state index in [9.17, 15) is 0 Å². The maximum absolute atomic E-state index is 5.44. The van der Waals surface area contributed by atoms with Gasteiger partial charge in [-0.25, -0.2) is 0 Å². The highest BCUT2D eigenvalue weighted by Gasteiger charge is 2.37. The topological polar surface area (TPSA) is 27.7 Å². The molecule has 96 valence electrons. The molecular weight excluding hydrogens is 248 g/mol. The van der Waals surface area contributed by atoms with Gasteiger partial charge in [0, 0.05) is 27.4 Å². The van der Waals surface area contributed by atoms with Gasteiger partial charge in [-0.1, -0.05) is 48.1 Å². The molecule has 0 amide bonds. The molecule has 0 saturated carbocycles. The summed E-state index contributed by atoms with van der Waals surface area (Å²) in [6, 6.07) is 12.7. The van der Waals surface area contributed by atoms with Crippen molar-refractivity contribution in [1.82, 2.24) is 0 Å². The van der Waals surface area contributed by atoms with Crippen LogP contribution < -0.4 is 5.19 Å². The van der Waals surface area contributed by atoms with Crippen molar-refractivity contribution in [3.05, 3.63) is 30.3 Å². The first-order valence-corrected chi connectivity index (χ1v) is 10.4. The molecule has 0 bridgehead atoms. The van der Waals surface area contributed by atoms with E-state index in [2.05, 4.69) is 36.9 Å². The van der Waals surface area contributed by atoms with Gasteiger partial charge in [-0.3, -0.25) is 0 Å². The van der Waals surface area contributed by atoms with Crippen LogP contribution in [0.5, 0.6) is 0 Å². The lowest BCUT2D eigenvalue weighted by Crippen LogP contribution is -2.44. The van der Waals surface area contributed by atoms with Crippen LogP contribution in [0.4, 0.5) is 0 Å². The Kier molecular flexibility index (Phi) is 6.07. The third kappa shape index (κ3) is 4.04. The van der Waals surface area contributed by atoms with Crippen LogP contribution in [0.15, 0.2) is 30.3 Å². The van der Waals surface area contributed by atoms with E-state index in [0.29, 0.717) is 0 Å². The van der Waals surface area contributed by atoms with Gasteiger partial charge in [-0.05, 0) is 0 Å². The van der Waals surface area contributed by atoms with E-state index >= 15 is 0 Å². The summed E-state index contributed by atoms with van der Waals surface area (Å²) in [5.74, 6) is 0. The minimum absolute atomic E-state index is 0.902. The van der Waals surface area contributed by atoms with Crippen LogP contribution in [-0.2, 0) is 13.3 Å². The standard InChI is InChI=1S/C12H22O3Si2/c1-13-17(14-2,15-3)11-10-16(4)12-8-6-5-7-9-12/h5-9,16H,10-11H2,1-4H3. The average Bonchev–Trinajstić information content (AvgIpc) is 2.41. The van der Waals surface area contributed by atoms with Gasteiger partial charge in [0.05, 0.1) is 8.80 Å². The van der Waals surface area contributed by atoms with Crippen molar-refractivity contribution >= 4 is 22.8 Å². The molecule has 0 saturated heterocycles. The molecule has 17 heavy (non-hydrogen) atoms. The van der Waals surface area contributed by atoms with Gasteiger partial charge >= 0.3 is 8.80 Å². The zero-order valence-electron chi connectivity index (χ0n) is 11.1. The molecule has 0 aliphatic rings. The molecule has 1 atom stereocenters. The van der Waals surface area contributed by atoms with E-state index < -0.39 is 17.6 Å². The van der Waals surface area contributed by atoms with E-state index in [1.807, 2.05) is 0 Å². The lowest BCUT2D eigenvalue weighted by Gasteiger charge is -2.25. The van der Waals surface area contributed by atoms with Gasteiger partial charge in [-0.2, -0.15) is 0 Å². The SMILES string of the molecule is CO[Si](CC[SiH](C)c1ccccc1)(OC)OC. The Bertz CT molecular complexity index is 307. The summed E-state index contributed by atoms with van der Waals surface area (Å²) >= 11 is 0. The summed E-state index contributed by atoms with van der Waals surface area (Å²) in [7, 11) is 1.74. The zero-order valence-corrected chi connectivity index (χ0v) is 13.3. The minimum Gasteiger partial charge on any atom is -0.377 e. The second-order valence-corrected chi connectivity index (χ2v) is 10.3. The van der Waals surface area contributed by atoms with Crippen molar-refractivity contribution in [2.24, 2.45) is 0 Å². The molecule has 0 aromatic heterocycles.